The first kappa shape index (κ1) is 12.7. The predicted molar refractivity (Wildman–Crippen MR) is 63.4 cm³/mol. The number of benzene rings is 1. The van der Waals surface area contributed by atoms with Crippen LogP contribution < -0.4 is 5.32 Å². The Labute approximate surface area is 99.8 Å². The molecule has 1 atom stereocenters. The third-order valence-electron chi connectivity index (χ3n) is 2.29. The molecule has 0 aliphatic rings. The predicted octanol–water partition coefficient (Wildman–Crippen LogP) is 2.41. The average molecular weight is 240 g/mol. The fourth-order valence-electron chi connectivity index (χ4n) is 1.36. The van der Waals surface area contributed by atoms with E-state index in [9.17, 15) is 9.59 Å². The van der Waals surface area contributed by atoms with Gasteiger partial charge in [-0.25, -0.2) is 0 Å². The van der Waals surface area contributed by atoms with Gasteiger partial charge in [-0.3, -0.25) is 9.59 Å². The van der Waals surface area contributed by atoms with E-state index in [4.69, 9.17) is 11.6 Å². The normalized spacial score (nSPS) is 12.0. The van der Waals surface area contributed by atoms with Crippen LogP contribution >= 0.6 is 11.6 Å². The molecule has 4 heteroatoms. The van der Waals surface area contributed by atoms with Crippen molar-refractivity contribution in [3.63, 3.8) is 0 Å². The Balaban J connectivity index is 2.84. The number of carbonyl (C=O) groups is 2. The van der Waals surface area contributed by atoms with Gasteiger partial charge in [-0.2, -0.15) is 0 Å². The molecule has 3 nitrogen and oxygen atoms in total. The second kappa shape index (κ2) is 5.12. The lowest BCUT2D eigenvalue weighted by Gasteiger charge is -2.15. The molecule has 0 saturated heterocycles. The third-order valence-corrected chi connectivity index (χ3v) is 2.62. The van der Waals surface area contributed by atoms with Crippen molar-refractivity contribution in [3.05, 3.63) is 34.3 Å². The van der Waals surface area contributed by atoms with Crippen molar-refractivity contribution in [2.24, 2.45) is 0 Å². The molecule has 0 heterocycles. The highest BCUT2D eigenvalue weighted by molar-refractivity contribution is 6.35. The molecule has 0 aromatic heterocycles. The van der Waals surface area contributed by atoms with Crippen LogP contribution in [0.3, 0.4) is 0 Å². The number of halogens is 1. The van der Waals surface area contributed by atoms with Crippen molar-refractivity contribution in [2.45, 2.75) is 26.8 Å². The van der Waals surface area contributed by atoms with E-state index >= 15 is 0 Å². The molecule has 0 aliphatic heterocycles. The van der Waals surface area contributed by atoms with Gasteiger partial charge in [0, 0.05) is 11.9 Å². The summed E-state index contributed by atoms with van der Waals surface area (Å²) in [5.41, 5.74) is 1.86. The van der Waals surface area contributed by atoms with E-state index in [1.54, 1.807) is 6.92 Å². The maximum Gasteiger partial charge on any atom is 0.287 e. The molecule has 1 amide bonds. The van der Waals surface area contributed by atoms with Crippen molar-refractivity contribution in [1.29, 1.82) is 0 Å². The Morgan fingerprint density at radius 3 is 2.50 bits per heavy atom. The second-order valence-electron chi connectivity index (χ2n) is 3.78. The molecule has 0 saturated carbocycles. The lowest BCUT2D eigenvalue weighted by Crippen LogP contribution is -2.31. The molecule has 1 rings (SSSR count). The van der Waals surface area contributed by atoms with Gasteiger partial charge in [0.2, 0.25) is 5.78 Å². The van der Waals surface area contributed by atoms with Crippen molar-refractivity contribution >= 4 is 23.3 Å². The van der Waals surface area contributed by atoms with Crippen LogP contribution in [0.1, 0.15) is 31.0 Å². The van der Waals surface area contributed by atoms with Crippen LogP contribution in [0, 0.1) is 6.92 Å². The van der Waals surface area contributed by atoms with E-state index in [-0.39, 0.29) is 6.04 Å². The van der Waals surface area contributed by atoms with E-state index in [2.05, 4.69) is 5.32 Å². The van der Waals surface area contributed by atoms with Gasteiger partial charge in [0.15, 0.2) is 0 Å². The van der Waals surface area contributed by atoms with Crippen molar-refractivity contribution in [2.75, 3.05) is 0 Å². The topological polar surface area (TPSA) is 46.2 Å². The number of carbonyl (C=O) groups excluding carboxylic acids is 2. The molecule has 16 heavy (non-hydrogen) atoms. The Bertz CT molecular complexity index is 429. The van der Waals surface area contributed by atoms with Crippen LogP contribution in [0.5, 0.6) is 0 Å². The summed E-state index contributed by atoms with van der Waals surface area (Å²) in [4.78, 5) is 22.0. The van der Waals surface area contributed by atoms with Crippen molar-refractivity contribution in [1.82, 2.24) is 5.32 Å². The monoisotopic (exact) mass is 239 g/mol. The minimum absolute atomic E-state index is 0.274. The van der Waals surface area contributed by atoms with E-state index in [1.807, 2.05) is 25.1 Å². The average Bonchev–Trinajstić information content (AvgIpc) is 2.16. The molecule has 0 aliphatic carbocycles. The molecule has 1 N–H and O–H groups in total. The van der Waals surface area contributed by atoms with Gasteiger partial charge in [-0.1, -0.05) is 23.7 Å². The number of Topliss-reactive ketones (excluding diaryl/α,β-unsaturated/α-hetero) is 1. The maximum atomic E-state index is 11.2. The van der Waals surface area contributed by atoms with Gasteiger partial charge in [0.25, 0.3) is 5.91 Å². The fourth-order valence-corrected chi connectivity index (χ4v) is 1.76. The zero-order valence-electron chi connectivity index (χ0n) is 9.50. The Kier molecular flexibility index (Phi) is 4.07. The van der Waals surface area contributed by atoms with Gasteiger partial charge in [0.1, 0.15) is 0 Å². The van der Waals surface area contributed by atoms with Gasteiger partial charge >= 0.3 is 0 Å². The fraction of sp³-hybridized carbons (Fsp3) is 0.333. The molecule has 0 spiro atoms. The summed E-state index contributed by atoms with van der Waals surface area (Å²) in [6, 6.07) is 5.32. The first-order valence-corrected chi connectivity index (χ1v) is 5.37. The molecule has 1 aromatic rings. The standard InChI is InChI=1S/C12H14ClNO2/c1-7-4-5-10(11(13)6-7)8(2)14-12(16)9(3)15/h4-6,8H,1-3H3,(H,14,16). The van der Waals surface area contributed by atoms with Crippen LogP contribution in [0.25, 0.3) is 0 Å². The lowest BCUT2D eigenvalue weighted by molar-refractivity contribution is -0.137. The molecular formula is C12H14ClNO2. The highest BCUT2D eigenvalue weighted by Crippen LogP contribution is 2.23. The number of hydrogen-bond donors (Lipinski definition) is 1. The summed E-state index contributed by atoms with van der Waals surface area (Å²) in [7, 11) is 0. The summed E-state index contributed by atoms with van der Waals surface area (Å²) in [5, 5.41) is 3.18. The summed E-state index contributed by atoms with van der Waals surface area (Å²) in [5.74, 6) is -1.10. The first-order chi connectivity index (χ1) is 7.41. The quantitative estimate of drug-likeness (QED) is 0.824. The minimum atomic E-state index is -0.593. The molecule has 1 unspecified atom stereocenters. The molecule has 0 bridgehead atoms. The summed E-state index contributed by atoms with van der Waals surface area (Å²) >= 11 is 6.05. The minimum Gasteiger partial charge on any atom is -0.343 e. The number of nitrogens with one attached hydrogen (secondary N) is 1. The van der Waals surface area contributed by atoms with Gasteiger partial charge in [0.05, 0.1) is 6.04 Å². The lowest BCUT2D eigenvalue weighted by atomic mass is 10.1. The van der Waals surface area contributed by atoms with Crippen LogP contribution in [-0.4, -0.2) is 11.7 Å². The number of hydrogen-bond acceptors (Lipinski definition) is 2. The zero-order chi connectivity index (χ0) is 12.3. The summed E-state index contributed by atoms with van der Waals surface area (Å²) in [6.45, 7) is 4.96. The maximum absolute atomic E-state index is 11.2. The molecule has 86 valence electrons. The van der Waals surface area contributed by atoms with Crippen LogP contribution in [0.15, 0.2) is 18.2 Å². The Morgan fingerprint density at radius 2 is 2.00 bits per heavy atom. The SMILES string of the molecule is CC(=O)C(=O)NC(C)c1ccc(C)cc1Cl. The largest absolute Gasteiger partial charge is 0.343 e. The van der Waals surface area contributed by atoms with Crippen molar-refractivity contribution in [3.8, 4) is 0 Å². The molecule has 1 aromatic carbocycles. The smallest absolute Gasteiger partial charge is 0.287 e. The number of ketones is 1. The van der Waals surface area contributed by atoms with Crippen LogP contribution in [0.4, 0.5) is 0 Å². The van der Waals surface area contributed by atoms with Gasteiger partial charge in [-0.15, -0.1) is 0 Å². The second-order valence-corrected chi connectivity index (χ2v) is 4.18. The van der Waals surface area contributed by atoms with Crippen LogP contribution in [0.2, 0.25) is 5.02 Å². The molecular weight excluding hydrogens is 226 g/mol. The number of rotatable bonds is 3. The zero-order valence-corrected chi connectivity index (χ0v) is 10.3. The Hall–Kier alpha value is -1.35. The first-order valence-electron chi connectivity index (χ1n) is 4.99. The molecule has 0 fully saturated rings. The highest BCUT2D eigenvalue weighted by atomic mass is 35.5. The third kappa shape index (κ3) is 3.07. The van der Waals surface area contributed by atoms with Gasteiger partial charge < -0.3 is 5.32 Å². The summed E-state index contributed by atoms with van der Waals surface area (Å²) < 4.78 is 0. The van der Waals surface area contributed by atoms with E-state index in [1.165, 1.54) is 6.92 Å². The van der Waals surface area contributed by atoms with E-state index < -0.39 is 11.7 Å². The number of amides is 1. The Morgan fingerprint density at radius 1 is 1.38 bits per heavy atom. The summed E-state index contributed by atoms with van der Waals surface area (Å²) in [6.07, 6.45) is 0. The highest BCUT2D eigenvalue weighted by Gasteiger charge is 2.14. The molecule has 0 radical (unpaired) electrons. The number of aryl methyl sites for hydroxylation is 1. The van der Waals surface area contributed by atoms with E-state index in [0.29, 0.717) is 5.02 Å². The van der Waals surface area contributed by atoms with E-state index in [0.717, 1.165) is 11.1 Å². The van der Waals surface area contributed by atoms with Gasteiger partial charge in [-0.05, 0) is 31.0 Å². The van der Waals surface area contributed by atoms with Crippen molar-refractivity contribution < 1.29 is 9.59 Å². The van der Waals surface area contributed by atoms with Crippen LogP contribution in [-0.2, 0) is 9.59 Å².